The van der Waals surface area contributed by atoms with Crippen LogP contribution in [0.5, 0.6) is 5.75 Å². The van der Waals surface area contributed by atoms with E-state index in [0.29, 0.717) is 11.8 Å². The molecule has 0 bridgehead atoms. The highest BCUT2D eigenvalue weighted by Crippen LogP contribution is 2.39. The molecule has 3 rings (SSSR count). The highest BCUT2D eigenvalue weighted by molar-refractivity contribution is 6.32. The third-order valence-electron chi connectivity index (χ3n) is 4.12. The summed E-state index contributed by atoms with van der Waals surface area (Å²) in [5, 5.41) is 13.8. The lowest BCUT2D eigenvalue weighted by molar-refractivity contribution is 0.413. The van der Waals surface area contributed by atoms with E-state index in [9.17, 15) is 5.11 Å². The molecule has 2 unspecified atom stereocenters. The molecule has 0 radical (unpaired) electrons. The van der Waals surface area contributed by atoms with Gasteiger partial charge in [-0.2, -0.15) is 4.98 Å². The van der Waals surface area contributed by atoms with Crippen LogP contribution in [0.25, 0.3) is 11.5 Å². The van der Waals surface area contributed by atoms with Crippen molar-refractivity contribution < 1.29 is 9.63 Å². The number of rotatable bonds is 3. The van der Waals surface area contributed by atoms with Crippen LogP contribution >= 0.6 is 11.6 Å². The van der Waals surface area contributed by atoms with Crippen LogP contribution in [0.2, 0.25) is 5.02 Å². The third kappa shape index (κ3) is 2.52. The molecule has 106 valence electrons. The van der Waals surface area contributed by atoms with E-state index in [1.54, 1.807) is 12.1 Å². The summed E-state index contributed by atoms with van der Waals surface area (Å²) >= 11 is 5.90. The number of hydrogen-bond donors (Lipinski definition) is 1. The molecule has 4 nitrogen and oxygen atoms in total. The standard InChI is InChI=1S/C15H17ClN2O2/c1-2-9-3-4-10(7-9)14-17-15(20-18-14)11-5-6-13(19)12(16)8-11/h5-6,8-10,19H,2-4,7H2,1H3. The van der Waals surface area contributed by atoms with Gasteiger partial charge in [0.15, 0.2) is 5.82 Å². The number of benzene rings is 1. The predicted octanol–water partition coefficient (Wildman–Crippen LogP) is 4.39. The Bertz CT molecular complexity index is 612. The van der Waals surface area contributed by atoms with Crippen LogP contribution in [-0.2, 0) is 0 Å². The molecule has 20 heavy (non-hydrogen) atoms. The smallest absolute Gasteiger partial charge is 0.257 e. The van der Waals surface area contributed by atoms with Gasteiger partial charge in [0.1, 0.15) is 5.75 Å². The van der Waals surface area contributed by atoms with Gasteiger partial charge in [-0.15, -0.1) is 0 Å². The fourth-order valence-electron chi connectivity index (χ4n) is 2.84. The molecule has 0 saturated heterocycles. The average Bonchev–Trinajstić information content (AvgIpc) is 3.09. The first-order chi connectivity index (χ1) is 9.67. The SMILES string of the molecule is CCC1CCC(c2noc(-c3ccc(O)c(Cl)c3)n2)C1. The van der Waals surface area contributed by atoms with Crippen LogP contribution in [0.4, 0.5) is 0 Å². The molecule has 5 heteroatoms. The molecule has 2 aromatic rings. The Hall–Kier alpha value is -1.55. The van der Waals surface area contributed by atoms with E-state index in [2.05, 4.69) is 17.1 Å². The van der Waals surface area contributed by atoms with Crippen molar-refractivity contribution >= 4 is 11.6 Å². The van der Waals surface area contributed by atoms with Gasteiger partial charge in [-0.1, -0.05) is 30.1 Å². The van der Waals surface area contributed by atoms with Gasteiger partial charge >= 0.3 is 0 Å². The lowest BCUT2D eigenvalue weighted by Gasteiger charge is -2.04. The Morgan fingerprint density at radius 3 is 2.95 bits per heavy atom. The third-order valence-corrected chi connectivity index (χ3v) is 4.42. The van der Waals surface area contributed by atoms with Crippen LogP contribution in [0, 0.1) is 5.92 Å². The van der Waals surface area contributed by atoms with Crippen molar-refractivity contribution in [2.45, 2.75) is 38.5 Å². The molecule has 0 amide bonds. The molecule has 0 spiro atoms. The van der Waals surface area contributed by atoms with Gasteiger partial charge in [0.2, 0.25) is 0 Å². The Morgan fingerprint density at radius 2 is 2.25 bits per heavy atom. The van der Waals surface area contributed by atoms with Crippen LogP contribution in [-0.4, -0.2) is 15.2 Å². The highest BCUT2D eigenvalue weighted by Gasteiger charge is 2.28. The maximum Gasteiger partial charge on any atom is 0.257 e. The molecular formula is C15H17ClN2O2. The van der Waals surface area contributed by atoms with Crippen molar-refractivity contribution in [3.8, 4) is 17.2 Å². The van der Waals surface area contributed by atoms with Crippen molar-refractivity contribution in [3.63, 3.8) is 0 Å². The number of aromatic nitrogens is 2. The first-order valence-electron chi connectivity index (χ1n) is 7.00. The molecule has 1 aromatic carbocycles. The summed E-state index contributed by atoms with van der Waals surface area (Å²) in [5.74, 6) is 2.49. The average molecular weight is 293 g/mol. The molecule has 1 aromatic heterocycles. The summed E-state index contributed by atoms with van der Waals surface area (Å²) in [7, 11) is 0. The molecule has 1 saturated carbocycles. The van der Waals surface area contributed by atoms with E-state index < -0.39 is 0 Å². The van der Waals surface area contributed by atoms with Crippen molar-refractivity contribution in [3.05, 3.63) is 29.0 Å². The molecule has 1 aliphatic carbocycles. The first-order valence-corrected chi connectivity index (χ1v) is 7.37. The topological polar surface area (TPSA) is 59.2 Å². The van der Waals surface area contributed by atoms with E-state index in [1.807, 2.05) is 0 Å². The second-order valence-electron chi connectivity index (χ2n) is 5.41. The van der Waals surface area contributed by atoms with Crippen molar-refractivity contribution in [2.24, 2.45) is 5.92 Å². The predicted molar refractivity (Wildman–Crippen MR) is 76.8 cm³/mol. The molecule has 1 heterocycles. The summed E-state index contributed by atoms with van der Waals surface area (Å²) in [6.07, 6.45) is 4.74. The second-order valence-corrected chi connectivity index (χ2v) is 5.82. The number of nitrogens with zero attached hydrogens (tertiary/aromatic N) is 2. The van der Waals surface area contributed by atoms with E-state index in [-0.39, 0.29) is 10.8 Å². The fraction of sp³-hybridized carbons (Fsp3) is 0.467. The van der Waals surface area contributed by atoms with Gasteiger partial charge < -0.3 is 9.63 Å². The number of phenols is 1. The maximum atomic E-state index is 9.43. The summed E-state index contributed by atoms with van der Waals surface area (Å²) in [5.41, 5.74) is 0.733. The molecule has 1 aliphatic rings. The number of phenolic OH excluding ortho intramolecular Hbond substituents is 1. The minimum Gasteiger partial charge on any atom is -0.506 e. The van der Waals surface area contributed by atoms with Gasteiger partial charge in [0.25, 0.3) is 5.89 Å². The number of hydrogen-bond acceptors (Lipinski definition) is 4. The second kappa shape index (κ2) is 5.44. The zero-order chi connectivity index (χ0) is 14.1. The van der Waals surface area contributed by atoms with Gasteiger partial charge in [-0.3, -0.25) is 0 Å². The summed E-state index contributed by atoms with van der Waals surface area (Å²) in [6, 6.07) is 4.89. The minimum atomic E-state index is 0.0525. The Morgan fingerprint density at radius 1 is 1.40 bits per heavy atom. The largest absolute Gasteiger partial charge is 0.506 e. The van der Waals surface area contributed by atoms with Crippen LogP contribution < -0.4 is 0 Å². The monoisotopic (exact) mass is 292 g/mol. The molecule has 2 atom stereocenters. The lowest BCUT2D eigenvalue weighted by Crippen LogP contribution is -1.97. The quantitative estimate of drug-likeness (QED) is 0.911. The molecule has 0 aliphatic heterocycles. The molecule has 1 fully saturated rings. The number of aromatic hydroxyl groups is 1. The van der Waals surface area contributed by atoms with E-state index in [4.69, 9.17) is 16.1 Å². The molecule has 1 N–H and O–H groups in total. The molecular weight excluding hydrogens is 276 g/mol. The van der Waals surface area contributed by atoms with Gasteiger partial charge in [-0.25, -0.2) is 0 Å². The Labute approximate surface area is 122 Å². The summed E-state index contributed by atoms with van der Waals surface area (Å²) in [4.78, 5) is 4.48. The maximum absolute atomic E-state index is 9.43. The van der Waals surface area contributed by atoms with E-state index in [1.165, 1.54) is 18.9 Å². The van der Waals surface area contributed by atoms with Crippen LogP contribution in [0.15, 0.2) is 22.7 Å². The highest BCUT2D eigenvalue weighted by atomic mass is 35.5. The summed E-state index contributed by atoms with van der Waals surface area (Å²) in [6.45, 7) is 2.23. The zero-order valence-corrected chi connectivity index (χ0v) is 12.1. The van der Waals surface area contributed by atoms with Crippen molar-refractivity contribution in [1.29, 1.82) is 0 Å². The van der Waals surface area contributed by atoms with Crippen molar-refractivity contribution in [2.75, 3.05) is 0 Å². The van der Waals surface area contributed by atoms with E-state index >= 15 is 0 Å². The van der Waals surface area contributed by atoms with Gasteiger partial charge in [-0.05, 0) is 43.4 Å². The summed E-state index contributed by atoms with van der Waals surface area (Å²) < 4.78 is 5.33. The fourth-order valence-corrected chi connectivity index (χ4v) is 3.02. The Balaban J connectivity index is 1.81. The lowest BCUT2D eigenvalue weighted by atomic mass is 10.0. The minimum absolute atomic E-state index is 0.0525. The number of halogens is 1. The van der Waals surface area contributed by atoms with Crippen LogP contribution in [0.3, 0.4) is 0 Å². The Kier molecular flexibility index (Phi) is 3.66. The first kappa shape index (κ1) is 13.4. The van der Waals surface area contributed by atoms with Gasteiger partial charge in [0.05, 0.1) is 5.02 Å². The van der Waals surface area contributed by atoms with Gasteiger partial charge in [0, 0.05) is 11.5 Å². The van der Waals surface area contributed by atoms with Crippen LogP contribution in [0.1, 0.15) is 44.3 Å². The zero-order valence-electron chi connectivity index (χ0n) is 11.3. The van der Waals surface area contributed by atoms with Crippen molar-refractivity contribution in [1.82, 2.24) is 10.1 Å². The van der Waals surface area contributed by atoms with E-state index in [0.717, 1.165) is 30.1 Å². The normalized spacial score (nSPS) is 22.3.